The van der Waals surface area contributed by atoms with Crippen molar-refractivity contribution in [3.63, 3.8) is 0 Å². The van der Waals surface area contributed by atoms with Crippen LogP contribution in [0.5, 0.6) is 0 Å². The summed E-state index contributed by atoms with van der Waals surface area (Å²) in [6, 6.07) is 0. The first-order valence-corrected chi connectivity index (χ1v) is 5.38. The smallest absolute Gasteiger partial charge is 0.309 e. The molecule has 1 atom stereocenters. The molecule has 86 valence electrons. The van der Waals surface area contributed by atoms with Crippen molar-refractivity contribution in [3.8, 4) is 0 Å². The van der Waals surface area contributed by atoms with E-state index >= 15 is 0 Å². The van der Waals surface area contributed by atoms with Crippen molar-refractivity contribution in [2.24, 2.45) is 5.92 Å². The van der Waals surface area contributed by atoms with Crippen LogP contribution in [0.1, 0.15) is 46.0 Å². The third kappa shape index (κ3) is 3.53. The molecule has 1 fully saturated rings. The molecule has 0 radical (unpaired) electrons. The highest BCUT2D eigenvalue weighted by molar-refractivity contribution is 5.78. The maximum absolute atomic E-state index is 11.6. The number of hydrogen-bond donors (Lipinski definition) is 1. The number of carboxylic acids is 1. The molecular formula is C11H18O4. The predicted molar refractivity (Wildman–Crippen MR) is 54.4 cm³/mol. The van der Waals surface area contributed by atoms with Crippen molar-refractivity contribution in [2.75, 3.05) is 0 Å². The van der Waals surface area contributed by atoms with Gasteiger partial charge in [-0.05, 0) is 32.6 Å². The van der Waals surface area contributed by atoms with Gasteiger partial charge >= 0.3 is 11.9 Å². The maximum Gasteiger partial charge on any atom is 0.309 e. The summed E-state index contributed by atoms with van der Waals surface area (Å²) in [5.74, 6) is -1.90. The third-order valence-corrected chi connectivity index (χ3v) is 2.89. The SMILES string of the molecule is CC(CC(=O)O)C(=O)OC1(C)CCCC1. The minimum absolute atomic E-state index is 0.158. The zero-order valence-electron chi connectivity index (χ0n) is 9.28. The zero-order valence-corrected chi connectivity index (χ0v) is 9.28. The van der Waals surface area contributed by atoms with Gasteiger partial charge in [0.05, 0.1) is 12.3 Å². The first kappa shape index (κ1) is 12.0. The van der Waals surface area contributed by atoms with Gasteiger partial charge in [-0.1, -0.05) is 6.92 Å². The van der Waals surface area contributed by atoms with E-state index in [4.69, 9.17) is 9.84 Å². The summed E-state index contributed by atoms with van der Waals surface area (Å²) in [5, 5.41) is 8.55. The molecule has 1 aliphatic rings. The molecule has 0 bridgehead atoms. The van der Waals surface area contributed by atoms with Gasteiger partial charge in [-0.15, -0.1) is 0 Å². The summed E-state index contributed by atoms with van der Waals surface area (Å²) in [7, 11) is 0. The van der Waals surface area contributed by atoms with E-state index in [1.165, 1.54) is 0 Å². The average molecular weight is 214 g/mol. The fourth-order valence-corrected chi connectivity index (χ4v) is 1.91. The van der Waals surface area contributed by atoms with Crippen molar-refractivity contribution in [1.82, 2.24) is 0 Å². The quantitative estimate of drug-likeness (QED) is 0.727. The molecule has 4 heteroatoms. The monoisotopic (exact) mass is 214 g/mol. The Hall–Kier alpha value is -1.06. The predicted octanol–water partition coefficient (Wildman–Crippen LogP) is 1.97. The fourth-order valence-electron chi connectivity index (χ4n) is 1.91. The van der Waals surface area contributed by atoms with Gasteiger partial charge in [0.25, 0.3) is 0 Å². The Balaban J connectivity index is 2.43. The number of carbonyl (C=O) groups is 2. The Morgan fingerprint density at radius 2 is 1.93 bits per heavy atom. The van der Waals surface area contributed by atoms with Crippen LogP contribution in [-0.2, 0) is 14.3 Å². The highest BCUT2D eigenvalue weighted by atomic mass is 16.6. The Morgan fingerprint density at radius 1 is 1.40 bits per heavy atom. The third-order valence-electron chi connectivity index (χ3n) is 2.89. The van der Waals surface area contributed by atoms with Crippen molar-refractivity contribution in [3.05, 3.63) is 0 Å². The number of ether oxygens (including phenoxy) is 1. The topological polar surface area (TPSA) is 63.6 Å². The lowest BCUT2D eigenvalue weighted by Crippen LogP contribution is -2.31. The van der Waals surface area contributed by atoms with E-state index in [1.54, 1.807) is 6.92 Å². The molecule has 1 N–H and O–H groups in total. The number of aliphatic carboxylic acids is 1. The van der Waals surface area contributed by atoms with Gasteiger partial charge in [-0.3, -0.25) is 9.59 Å². The van der Waals surface area contributed by atoms with Crippen LogP contribution in [0.4, 0.5) is 0 Å². The molecule has 0 amide bonds. The van der Waals surface area contributed by atoms with Gasteiger partial charge in [0.1, 0.15) is 5.60 Å². The molecule has 1 unspecified atom stereocenters. The van der Waals surface area contributed by atoms with Crippen molar-refractivity contribution in [1.29, 1.82) is 0 Å². The summed E-state index contributed by atoms with van der Waals surface area (Å²) in [4.78, 5) is 22.0. The van der Waals surface area contributed by atoms with Crippen LogP contribution >= 0.6 is 0 Å². The highest BCUT2D eigenvalue weighted by Crippen LogP contribution is 2.33. The van der Waals surface area contributed by atoms with E-state index in [-0.39, 0.29) is 18.0 Å². The minimum Gasteiger partial charge on any atom is -0.481 e. The van der Waals surface area contributed by atoms with E-state index in [9.17, 15) is 9.59 Å². The van der Waals surface area contributed by atoms with E-state index in [1.807, 2.05) is 6.92 Å². The van der Waals surface area contributed by atoms with Gasteiger partial charge in [-0.2, -0.15) is 0 Å². The Labute approximate surface area is 89.6 Å². The fraction of sp³-hybridized carbons (Fsp3) is 0.818. The molecular weight excluding hydrogens is 196 g/mol. The summed E-state index contributed by atoms with van der Waals surface area (Å²) < 4.78 is 5.36. The zero-order chi connectivity index (χ0) is 11.5. The van der Waals surface area contributed by atoms with Crippen LogP contribution in [0.3, 0.4) is 0 Å². The van der Waals surface area contributed by atoms with Crippen molar-refractivity contribution >= 4 is 11.9 Å². The number of hydrogen-bond acceptors (Lipinski definition) is 3. The van der Waals surface area contributed by atoms with Crippen LogP contribution in [0, 0.1) is 5.92 Å². The molecule has 4 nitrogen and oxygen atoms in total. The van der Waals surface area contributed by atoms with E-state index in [0.717, 1.165) is 25.7 Å². The molecule has 0 aromatic heterocycles. The standard InChI is InChI=1S/C11H18O4/c1-8(7-9(12)13)10(14)15-11(2)5-3-4-6-11/h8H,3-7H2,1-2H3,(H,12,13). The van der Waals surface area contributed by atoms with Gasteiger partial charge in [0.2, 0.25) is 0 Å². The lowest BCUT2D eigenvalue weighted by molar-refractivity contribution is -0.164. The molecule has 1 saturated carbocycles. The highest BCUT2D eigenvalue weighted by Gasteiger charge is 2.34. The molecule has 0 aromatic rings. The summed E-state index contributed by atoms with van der Waals surface area (Å²) in [5.41, 5.74) is -0.357. The Bertz CT molecular complexity index is 253. The average Bonchev–Trinajstić information content (AvgIpc) is 2.50. The van der Waals surface area contributed by atoms with Gasteiger partial charge < -0.3 is 9.84 Å². The number of esters is 1. The first-order chi connectivity index (χ1) is 6.93. The van der Waals surface area contributed by atoms with Crippen molar-refractivity contribution < 1.29 is 19.4 Å². The lowest BCUT2D eigenvalue weighted by Gasteiger charge is -2.25. The van der Waals surface area contributed by atoms with Crippen LogP contribution in [0.2, 0.25) is 0 Å². The van der Waals surface area contributed by atoms with Gasteiger partial charge in [0, 0.05) is 0 Å². The second-order valence-corrected chi connectivity index (χ2v) is 4.58. The number of rotatable bonds is 4. The van der Waals surface area contributed by atoms with Gasteiger partial charge in [0.15, 0.2) is 0 Å². The molecule has 0 heterocycles. The molecule has 0 aliphatic heterocycles. The van der Waals surface area contributed by atoms with E-state index in [0.29, 0.717) is 0 Å². The minimum atomic E-state index is -0.962. The Morgan fingerprint density at radius 3 is 2.40 bits per heavy atom. The number of carboxylic acid groups (broad SMARTS) is 1. The lowest BCUT2D eigenvalue weighted by atomic mass is 10.0. The second-order valence-electron chi connectivity index (χ2n) is 4.58. The largest absolute Gasteiger partial charge is 0.481 e. The van der Waals surface area contributed by atoms with Crippen LogP contribution in [-0.4, -0.2) is 22.6 Å². The molecule has 0 spiro atoms. The molecule has 1 aliphatic carbocycles. The summed E-state index contributed by atoms with van der Waals surface area (Å²) in [6.07, 6.45) is 3.78. The second kappa shape index (κ2) is 4.64. The van der Waals surface area contributed by atoms with Crippen LogP contribution in [0.15, 0.2) is 0 Å². The van der Waals surface area contributed by atoms with Gasteiger partial charge in [-0.25, -0.2) is 0 Å². The molecule has 0 aromatic carbocycles. The van der Waals surface area contributed by atoms with E-state index in [2.05, 4.69) is 0 Å². The summed E-state index contributed by atoms with van der Waals surface area (Å²) >= 11 is 0. The normalized spacial score (nSPS) is 20.9. The van der Waals surface area contributed by atoms with Crippen molar-refractivity contribution in [2.45, 2.75) is 51.6 Å². The summed E-state index contributed by atoms with van der Waals surface area (Å²) in [6.45, 7) is 3.51. The Kier molecular flexibility index (Phi) is 3.72. The van der Waals surface area contributed by atoms with E-state index < -0.39 is 11.9 Å². The number of carbonyl (C=O) groups excluding carboxylic acids is 1. The first-order valence-electron chi connectivity index (χ1n) is 5.38. The van der Waals surface area contributed by atoms with Crippen LogP contribution in [0.25, 0.3) is 0 Å². The molecule has 15 heavy (non-hydrogen) atoms. The molecule has 1 rings (SSSR count). The maximum atomic E-state index is 11.6. The van der Waals surface area contributed by atoms with Crippen LogP contribution < -0.4 is 0 Å². The molecule has 0 saturated heterocycles.